The van der Waals surface area contributed by atoms with E-state index in [4.69, 9.17) is 0 Å². The van der Waals surface area contributed by atoms with Gasteiger partial charge in [0.15, 0.2) is 0 Å². The van der Waals surface area contributed by atoms with E-state index in [0.717, 1.165) is 12.8 Å². The van der Waals surface area contributed by atoms with Gasteiger partial charge in [-0.15, -0.1) is 0 Å². The van der Waals surface area contributed by atoms with Crippen molar-refractivity contribution >= 4 is 5.91 Å². The highest BCUT2D eigenvalue weighted by molar-refractivity contribution is 5.76. The fourth-order valence-corrected chi connectivity index (χ4v) is 2.29. The van der Waals surface area contributed by atoms with Gasteiger partial charge in [0.2, 0.25) is 5.91 Å². The van der Waals surface area contributed by atoms with Crippen LogP contribution in [0.4, 0.5) is 0 Å². The normalized spacial score (nSPS) is 12.5. The van der Waals surface area contributed by atoms with Gasteiger partial charge in [-0.1, -0.05) is 13.8 Å². The van der Waals surface area contributed by atoms with Crippen LogP contribution in [0.2, 0.25) is 0 Å². The molecule has 0 fully saturated rings. The number of carbonyl (C=O) groups is 1. The average Bonchev–Trinajstić information content (AvgIpc) is 2.34. The first-order chi connectivity index (χ1) is 9.79. The summed E-state index contributed by atoms with van der Waals surface area (Å²) in [7, 11) is 0. The Hall–Kier alpha value is -1.65. The third-order valence-electron chi connectivity index (χ3n) is 3.53. The Bertz CT molecular complexity index is 535. The highest BCUT2D eigenvalue weighted by Gasteiger charge is 2.11. The van der Waals surface area contributed by atoms with Gasteiger partial charge in [0.05, 0.1) is 0 Å². The Morgan fingerprint density at radius 3 is 2.48 bits per heavy atom. The fourth-order valence-electron chi connectivity index (χ4n) is 2.29. The van der Waals surface area contributed by atoms with Gasteiger partial charge in [-0.05, 0) is 46.0 Å². The number of amides is 1. The monoisotopic (exact) mass is 293 g/mol. The first-order valence-electron chi connectivity index (χ1n) is 7.65. The maximum absolute atomic E-state index is 11.9. The second-order valence-electron chi connectivity index (χ2n) is 6.16. The minimum atomic E-state index is -0.138. The van der Waals surface area contributed by atoms with Gasteiger partial charge >= 0.3 is 0 Å². The van der Waals surface area contributed by atoms with Crippen LogP contribution in [0.25, 0.3) is 0 Å². The van der Waals surface area contributed by atoms with Gasteiger partial charge in [-0.3, -0.25) is 9.59 Å². The van der Waals surface area contributed by atoms with Crippen molar-refractivity contribution in [2.45, 2.75) is 66.3 Å². The molecule has 118 valence electrons. The molecule has 0 spiro atoms. The van der Waals surface area contributed by atoms with Crippen LogP contribution in [0.15, 0.2) is 4.79 Å². The van der Waals surface area contributed by atoms with E-state index in [1.165, 1.54) is 0 Å². The molecule has 0 aliphatic rings. The van der Waals surface area contributed by atoms with E-state index in [-0.39, 0.29) is 17.5 Å². The van der Waals surface area contributed by atoms with Crippen LogP contribution in [0.1, 0.15) is 57.1 Å². The zero-order chi connectivity index (χ0) is 16.0. The van der Waals surface area contributed by atoms with Crippen LogP contribution in [0.3, 0.4) is 0 Å². The highest BCUT2D eigenvalue weighted by Crippen LogP contribution is 2.07. The zero-order valence-corrected chi connectivity index (χ0v) is 13.7. The van der Waals surface area contributed by atoms with Crippen molar-refractivity contribution in [3.05, 3.63) is 27.4 Å². The SMILES string of the molecule is Cc1nc(C)c(CCC(=O)N[C@H](C)CCC(C)C)c(=O)[nH]1. The van der Waals surface area contributed by atoms with Crippen LogP contribution < -0.4 is 10.9 Å². The molecular weight excluding hydrogens is 266 g/mol. The van der Waals surface area contributed by atoms with E-state index in [1.807, 2.05) is 6.92 Å². The van der Waals surface area contributed by atoms with Gasteiger partial charge in [0, 0.05) is 23.7 Å². The summed E-state index contributed by atoms with van der Waals surface area (Å²) in [6.07, 6.45) is 2.83. The number of hydrogen-bond donors (Lipinski definition) is 2. The molecule has 5 heteroatoms. The van der Waals surface area contributed by atoms with Crippen molar-refractivity contribution in [1.82, 2.24) is 15.3 Å². The predicted octanol–water partition coefficient (Wildman–Crippen LogP) is 2.26. The number of carbonyl (C=O) groups excluding carboxylic acids is 1. The Morgan fingerprint density at radius 1 is 1.24 bits per heavy atom. The molecule has 0 aliphatic heterocycles. The summed E-state index contributed by atoms with van der Waals surface area (Å²) in [5.74, 6) is 1.24. The molecule has 0 saturated carbocycles. The largest absolute Gasteiger partial charge is 0.354 e. The summed E-state index contributed by atoms with van der Waals surface area (Å²) < 4.78 is 0. The third kappa shape index (κ3) is 6.10. The van der Waals surface area contributed by atoms with Gasteiger partial charge in [0.1, 0.15) is 5.82 Å². The number of aryl methyl sites for hydroxylation is 2. The first-order valence-corrected chi connectivity index (χ1v) is 7.65. The molecule has 2 N–H and O–H groups in total. The number of H-pyrrole nitrogens is 1. The molecular formula is C16H27N3O2. The van der Waals surface area contributed by atoms with E-state index < -0.39 is 0 Å². The summed E-state index contributed by atoms with van der Waals surface area (Å²) >= 11 is 0. The fraction of sp³-hybridized carbons (Fsp3) is 0.688. The first kappa shape index (κ1) is 17.4. The van der Waals surface area contributed by atoms with E-state index in [9.17, 15) is 9.59 Å². The van der Waals surface area contributed by atoms with E-state index in [1.54, 1.807) is 13.8 Å². The number of nitrogens with one attached hydrogen (secondary N) is 2. The number of hydrogen-bond acceptors (Lipinski definition) is 3. The van der Waals surface area contributed by atoms with Crippen LogP contribution in [-0.4, -0.2) is 21.9 Å². The molecule has 1 aromatic heterocycles. The van der Waals surface area contributed by atoms with Crippen LogP contribution in [0.5, 0.6) is 0 Å². The topological polar surface area (TPSA) is 74.8 Å². The predicted molar refractivity (Wildman–Crippen MR) is 84.3 cm³/mol. The molecule has 1 atom stereocenters. The molecule has 0 aromatic carbocycles. The molecule has 0 bridgehead atoms. The number of rotatable bonds is 7. The number of aromatic amines is 1. The summed E-state index contributed by atoms with van der Waals surface area (Å²) in [5, 5.41) is 2.98. The van der Waals surface area contributed by atoms with Gasteiger partial charge in [0.25, 0.3) is 5.56 Å². The lowest BCUT2D eigenvalue weighted by Gasteiger charge is -2.15. The second kappa shape index (κ2) is 7.96. The minimum absolute atomic E-state index is 0.00867. The van der Waals surface area contributed by atoms with Gasteiger partial charge in [-0.2, -0.15) is 0 Å². The maximum atomic E-state index is 11.9. The zero-order valence-electron chi connectivity index (χ0n) is 13.7. The lowest BCUT2D eigenvalue weighted by atomic mass is 10.0. The van der Waals surface area contributed by atoms with Crippen molar-refractivity contribution in [2.24, 2.45) is 5.92 Å². The highest BCUT2D eigenvalue weighted by atomic mass is 16.1. The van der Waals surface area contributed by atoms with Crippen LogP contribution >= 0.6 is 0 Å². The molecule has 21 heavy (non-hydrogen) atoms. The average molecular weight is 293 g/mol. The molecule has 1 rings (SSSR count). The maximum Gasteiger partial charge on any atom is 0.254 e. The van der Waals surface area contributed by atoms with Gasteiger partial charge < -0.3 is 10.3 Å². The quantitative estimate of drug-likeness (QED) is 0.809. The summed E-state index contributed by atoms with van der Waals surface area (Å²) in [4.78, 5) is 30.7. The molecule has 0 unspecified atom stereocenters. The van der Waals surface area contributed by atoms with Crippen LogP contribution in [-0.2, 0) is 11.2 Å². The van der Waals surface area contributed by atoms with Crippen molar-refractivity contribution in [3.63, 3.8) is 0 Å². The lowest BCUT2D eigenvalue weighted by Crippen LogP contribution is -2.33. The van der Waals surface area contributed by atoms with E-state index in [0.29, 0.717) is 35.8 Å². The van der Waals surface area contributed by atoms with Gasteiger partial charge in [-0.25, -0.2) is 4.98 Å². The smallest absolute Gasteiger partial charge is 0.254 e. The molecule has 1 aromatic rings. The van der Waals surface area contributed by atoms with Crippen molar-refractivity contribution in [1.29, 1.82) is 0 Å². The summed E-state index contributed by atoms with van der Waals surface area (Å²) in [5.41, 5.74) is 1.17. The Labute approximate surface area is 126 Å². The minimum Gasteiger partial charge on any atom is -0.354 e. The lowest BCUT2D eigenvalue weighted by molar-refractivity contribution is -0.121. The molecule has 5 nitrogen and oxygen atoms in total. The molecule has 1 heterocycles. The third-order valence-corrected chi connectivity index (χ3v) is 3.53. The molecule has 1 amide bonds. The summed E-state index contributed by atoms with van der Waals surface area (Å²) in [6, 6.07) is 0.176. The van der Waals surface area contributed by atoms with Crippen molar-refractivity contribution < 1.29 is 4.79 Å². The van der Waals surface area contributed by atoms with Crippen LogP contribution in [0, 0.1) is 19.8 Å². The standard InChI is InChI=1S/C16H27N3O2/c1-10(2)6-7-11(3)17-15(20)9-8-14-12(4)18-13(5)19-16(14)21/h10-11H,6-9H2,1-5H3,(H,17,20)(H,18,19,21)/t11-/m1/s1. The molecule has 0 saturated heterocycles. The molecule has 0 radical (unpaired) electrons. The van der Waals surface area contributed by atoms with Crippen molar-refractivity contribution in [2.75, 3.05) is 0 Å². The van der Waals surface area contributed by atoms with Crippen molar-refractivity contribution in [3.8, 4) is 0 Å². The van der Waals surface area contributed by atoms with E-state index in [2.05, 4.69) is 29.1 Å². The molecule has 0 aliphatic carbocycles. The second-order valence-corrected chi connectivity index (χ2v) is 6.16. The number of aromatic nitrogens is 2. The van der Waals surface area contributed by atoms with E-state index >= 15 is 0 Å². The summed E-state index contributed by atoms with van der Waals surface area (Å²) in [6.45, 7) is 9.93. The Morgan fingerprint density at radius 2 is 1.90 bits per heavy atom. The number of nitrogens with zero attached hydrogens (tertiary/aromatic N) is 1. The Kier molecular flexibility index (Phi) is 6.59. The Balaban J connectivity index is 2.48.